The Morgan fingerprint density at radius 2 is 1.86 bits per heavy atom. The van der Waals surface area contributed by atoms with E-state index in [2.05, 4.69) is 15.9 Å². The van der Waals surface area contributed by atoms with Gasteiger partial charge in [0.2, 0.25) is 0 Å². The molecule has 0 saturated carbocycles. The van der Waals surface area contributed by atoms with Gasteiger partial charge in [0.25, 0.3) is 5.91 Å². The van der Waals surface area contributed by atoms with Gasteiger partial charge in [0.1, 0.15) is 13.2 Å². The van der Waals surface area contributed by atoms with Crippen molar-refractivity contribution in [3.8, 4) is 11.5 Å². The lowest BCUT2D eigenvalue weighted by molar-refractivity contribution is 0.0984. The fourth-order valence-electron chi connectivity index (χ4n) is 2.93. The molecule has 1 amide bonds. The van der Waals surface area contributed by atoms with E-state index in [0.29, 0.717) is 36.2 Å². The summed E-state index contributed by atoms with van der Waals surface area (Å²) in [4.78, 5) is 21.8. The molecule has 0 radical (unpaired) electrons. The van der Waals surface area contributed by atoms with Gasteiger partial charge in [0.15, 0.2) is 16.6 Å². The molecular formula is C20H20BrN3O3S. The van der Waals surface area contributed by atoms with Crippen LogP contribution < -0.4 is 14.4 Å². The van der Waals surface area contributed by atoms with Gasteiger partial charge in [-0.1, -0.05) is 23.5 Å². The van der Waals surface area contributed by atoms with E-state index in [9.17, 15) is 4.79 Å². The van der Waals surface area contributed by atoms with Gasteiger partial charge in [-0.2, -0.15) is 0 Å². The van der Waals surface area contributed by atoms with E-state index >= 15 is 0 Å². The first-order chi connectivity index (χ1) is 13.5. The molecule has 1 aliphatic rings. The van der Waals surface area contributed by atoms with Gasteiger partial charge in [-0.05, 0) is 42.2 Å². The maximum absolute atomic E-state index is 13.3. The number of nitrogens with zero attached hydrogens (tertiary/aromatic N) is 3. The van der Waals surface area contributed by atoms with Crippen LogP contribution >= 0.6 is 27.3 Å². The van der Waals surface area contributed by atoms with Crippen LogP contribution in [0, 0.1) is 0 Å². The molecule has 0 N–H and O–H groups in total. The van der Waals surface area contributed by atoms with Crippen LogP contribution in [0.25, 0.3) is 10.2 Å². The van der Waals surface area contributed by atoms with Crippen molar-refractivity contribution >= 4 is 48.5 Å². The van der Waals surface area contributed by atoms with Gasteiger partial charge in [0.05, 0.1) is 15.8 Å². The fraction of sp³-hybridized carbons (Fsp3) is 0.300. The van der Waals surface area contributed by atoms with Gasteiger partial charge >= 0.3 is 0 Å². The molecule has 8 heteroatoms. The number of carbonyl (C=O) groups excluding carboxylic acids is 1. The third-order valence-electron chi connectivity index (χ3n) is 4.39. The van der Waals surface area contributed by atoms with Gasteiger partial charge in [-0.3, -0.25) is 9.69 Å². The second-order valence-electron chi connectivity index (χ2n) is 6.70. The Labute approximate surface area is 175 Å². The van der Waals surface area contributed by atoms with E-state index < -0.39 is 0 Å². The largest absolute Gasteiger partial charge is 0.486 e. The average molecular weight is 462 g/mol. The van der Waals surface area contributed by atoms with E-state index in [1.807, 2.05) is 55.4 Å². The van der Waals surface area contributed by atoms with Crippen molar-refractivity contribution in [3.05, 3.63) is 46.4 Å². The molecule has 1 aliphatic heterocycles. The van der Waals surface area contributed by atoms with Crippen LogP contribution in [0.15, 0.2) is 40.9 Å². The highest BCUT2D eigenvalue weighted by molar-refractivity contribution is 9.10. The summed E-state index contributed by atoms with van der Waals surface area (Å²) in [6.07, 6.45) is 0. The molecule has 28 heavy (non-hydrogen) atoms. The topological polar surface area (TPSA) is 54.9 Å². The number of halogens is 1. The first-order valence-electron chi connectivity index (χ1n) is 8.94. The number of carbonyl (C=O) groups is 1. The molecule has 0 aliphatic carbocycles. The number of anilines is 1. The third-order valence-corrected chi connectivity index (χ3v) is 6.12. The summed E-state index contributed by atoms with van der Waals surface area (Å²) in [6.45, 7) is 2.35. The van der Waals surface area contributed by atoms with Crippen molar-refractivity contribution in [2.45, 2.75) is 0 Å². The number of aromatic nitrogens is 1. The molecule has 6 nitrogen and oxygen atoms in total. The van der Waals surface area contributed by atoms with Crippen molar-refractivity contribution in [1.82, 2.24) is 9.88 Å². The Kier molecular flexibility index (Phi) is 5.52. The minimum Gasteiger partial charge on any atom is -0.486 e. The molecule has 0 unspecified atom stereocenters. The molecule has 2 aromatic carbocycles. The van der Waals surface area contributed by atoms with E-state index in [0.717, 1.165) is 27.0 Å². The van der Waals surface area contributed by atoms with E-state index in [4.69, 9.17) is 14.5 Å². The molecule has 3 aromatic rings. The van der Waals surface area contributed by atoms with Crippen LogP contribution in [0.3, 0.4) is 0 Å². The van der Waals surface area contributed by atoms with E-state index in [1.54, 1.807) is 4.90 Å². The fourth-order valence-corrected chi connectivity index (χ4v) is 4.39. The number of fused-ring (bicyclic) bond motifs is 2. The number of hydrogen-bond donors (Lipinski definition) is 0. The first-order valence-corrected chi connectivity index (χ1v) is 10.5. The molecule has 0 bridgehead atoms. The van der Waals surface area contributed by atoms with Gasteiger partial charge in [-0.15, -0.1) is 0 Å². The van der Waals surface area contributed by atoms with Crippen molar-refractivity contribution in [3.63, 3.8) is 0 Å². The Morgan fingerprint density at radius 1 is 1.14 bits per heavy atom. The van der Waals surface area contributed by atoms with Crippen LogP contribution in [-0.4, -0.2) is 56.2 Å². The molecule has 4 rings (SSSR count). The summed E-state index contributed by atoms with van der Waals surface area (Å²) in [5.41, 5.74) is 1.42. The maximum Gasteiger partial charge on any atom is 0.261 e. The van der Waals surface area contributed by atoms with Crippen LogP contribution in [0.2, 0.25) is 0 Å². The smallest absolute Gasteiger partial charge is 0.261 e. The molecule has 2 heterocycles. The number of hydrogen-bond acceptors (Lipinski definition) is 6. The molecule has 0 spiro atoms. The van der Waals surface area contributed by atoms with Crippen LogP contribution in [0.5, 0.6) is 11.5 Å². The highest BCUT2D eigenvalue weighted by atomic mass is 79.9. The third kappa shape index (κ3) is 3.85. The quantitative estimate of drug-likeness (QED) is 0.573. The number of amides is 1. The Morgan fingerprint density at radius 3 is 2.57 bits per heavy atom. The Hall–Kier alpha value is -2.16. The van der Waals surface area contributed by atoms with Crippen molar-refractivity contribution < 1.29 is 14.3 Å². The Balaban J connectivity index is 1.73. The monoisotopic (exact) mass is 461 g/mol. The predicted octanol–water partition coefficient (Wildman–Crippen LogP) is 4.04. The molecule has 0 atom stereocenters. The van der Waals surface area contributed by atoms with E-state index in [-0.39, 0.29) is 5.91 Å². The molecule has 0 fully saturated rings. The molecule has 146 valence electrons. The summed E-state index contributed by atoms with van der Waals surface area (Å²) in [5, 5.41) is 0.667. The zero-order valence-corrected chi connectivity index (χ0v) is 18.0. The lowest BCUT2D eigenvalue weighted by atomic mass is 10.2. The average Bonchev–Trinajstić information content (AvgIpc) is 3.08. The summed E-state index contributed by atoms with van der Waals surface area (Å²) in [5.74, 6) is 1.35. The number of ether oxygens (including phenoxy) is 2. The van der Waals surface area contributed by atoms with Crippen molar-refractivity contribution in [1.29, 1.82) is 0 Å². The normalized spacial score (nSPS) is 13.1. The highest BCUT2D eigenvalue weighted by Gasteiger charge is 2.24. The zero-order chi connectivity index (χ0) is 19.7. The Bertz CT molecular complexity index is 978. The number of benzene rings is 2. The lowest BCUT2D eigenvalue weighted by Gasteiger charge is -2.22. The minimum atomic E-state index is -0.0781. The number of rotatable bonds is 5. The van der Waals surface area contributed by atoms with Crippen molar-refractivity contribution in [2.75, 3.05) is 45.3 Å². The molecular weight excluding hydrogens is 442 g/mol. The second kappa shape index (κ2) is 8.06. The zero-order valence-electron chi connectivity index (χ0n) is 15.6. The van der Waals surface area contributed by atoms with Crippen LogP contribution in [0.4, 0.5) is 5.13 Å². The standard InChI is InChI=1S/C20H20BrN3O3S/c1-23(2)7-8-24(19(25)13-5-3-4-6-14(13)21)20-22-15-11-16-17(12-18(15)28-20)27-10-9-26-16/h3-6,11-12H,7-10H2,1-2H3. The van der Waals surface area contributed by atoms with Crippen molar-refractivity contribution in [2.24, 2.45) is 0 Å². The van der Waals surface area contributed by atoms with Crippen LogP contribution in [0.1, 0.15) is 10.4 Å². The van der Waals surface area contributed by atoms with Gasteiger partial charge in [-0.25, -0.2) is 4.98 Å². The first kappa shape index (κ1) is 19.2. The van der Waals surface area contributed by atoms with E-state index in [1.165, 1.54) is 11.3 Å². The molecule has 0 saturated heterocycles. The predicted molar refractivity (Wildman–Crippen MR) is 115 cm³/mol. The number of thiazole rings is 1. The summed E-state index contributed by atoms with van der Waals surface area (Å²) in [7, 11) is 3.98. The highest BCUT2D eigenvalue weighted by Crippen LogP contribution is 2.39. The summed E-state index contributed by atoms with van der Waals surface area (Å²) in [6, 6.07) is 11.3. The summed E-state index contributed by atoms with van der Waals surface area (Å²) >= 11 is 4.97. The SMILES string of the molecule is CN(C)CCN(C(=O)c1ccccc1Br)c1nc2cc3c(cc2s1)OCCO3. The molecule has 1 aromatic heterocycles. The van der Waals surface area contributed by atoms with Crippen LogP contribution in [-0.2, 0) is 0 Å². The second-order valence-corrected chi connectivity index (χ2v) is 8.56. The maximum atomic E-state index is 13.3. The summed E-state index contributed by atoms with van der Waals surface area (Å²) < 4.78 is 13.1. The lowest BCUT2D eigenvalue weighted by Crippen LogP contribution is -2.36. The van der Waals surface area contributed by atoms with Gasteiger partial charge < -0.3 is 14.4 Å². The van der Waals surface area contributed by atoms with Gasteiger partial charge in [0, 0.05) is 29.7 Å². The minimum absolute atomic E-state index is 0.0781. The number of likely N-dealkylation sites (N-methyl/N-ethyl adjacent to an activating group) is 1.